The Morgan fingerprint density at radius 2 is 1.74 bits per heavy atom. The van der Waals surface area contributed by atoms with Crippen molar-refractivity contribution in [3.05, 3.63) is 23.3 Å². The predicted octanol–water partition coefficient (Wildman–Crippen LogP) is 2.32. The third-order valence-corrected chi connectivity index (χ3v) is 4.76. The lowest BCUT2D eigenvalue weighted by molar-refractivity contribution is -0.122. The largest absolute Gasteiger partial charge is 0.493 e. The highest BCUT2D eigenvalue weighted by Crippen LogP contribution is 2.33. The lowest BCUT2D eigenvalue weighted by Gasteiger charge is -2.30. The Bertz CT molecular complexity index is 675. The van der Waals surface area contributed by atoms with Gasteiger partial charge in [-0.3, -0.25) is 4.79 Å². The van der Waals surface area contributed by atoms with Gasteiger partial charge < -0.3 is 25.0 Å². The lowest BCUT2D eigenvalue weighted by Crippen LogP contribution is -2.51. The van der Waals surface area contributed by atoms with Crippen molar-refractivity contribution in [2.45, 2.75) is 46.2 Å². The highest BCUT2D eigenvalue weighted by Gasteiger charge is 2.25. The van der Waals surface area contributed by atoms with E-state index in [9.17, 15) is 9.59 Å². The summed E-state index contributed by atoms with van der Waals surface area (Å²) in [5.74, 6) is 1.71. The van der Waals surface area contributed by atoms with Crippen LogP contribution >= 0.6 is 0 Å². The molecule has 0 saturated carbocycles. The number of ether oxygens (including phenoxy) is 2. The van der Waals surface area contributed by atoms with Gasteiger partial charge in [0.25, 0.3) is 0 Å². The Balaban J connectivity index is 1.94. The summed E-state index contributed by atoms with van der Waals surface area (Å²) in [6.07, 6.45) is 1.65. The minimum Gasteiger partial charge on any atom is -0.493 e. The minimum atomic E-state index is -0.573. The molecular formula is C20H31N3O4. The number of nitrogens with zero attached hydrogens (tertiary/aromatic N) is 1. The standard InChI is InChI=1S/C20H31N3O4/c1-13(2)6-8-21-19(24)14(3)22-20(25)23-9-7-15-10-17(26-4)18(27-5)11-16(15)12-23/h10-11,13-14H,6-9,12H2,1-5H3,(H,21,24)(H,22,25)/t14-/m0/s1. The quantitative estimate of drug-likeness (QED) is 0.764. The van der Waals surface area contributed by atoms with Gasteiger partial charge in [0.15, 0.2) is 11.5 Å². The van der Waals surface area contributed by atoms with E-state index in [0.29, 0.717) is 37.1 Å². The topological polar surface area (TPSA) is 79.9 Å². The van der Waals surface area contributed by atoms with E-state index in [1.165, 1.54) is 0 Å². The Hall–Kier alpha value is -2.44. The molecule has 0 aromatic heterocycles. The third-order valence-electron chi connectivity index (χ3n) is 4.76. The first kappa shape index (κ1) is 20.9. The number of fused-ring (bicyclic) bond motifs is 1. The van der Waals surface area contributed by atoms with Crippen LogP contribution in [0.3, 0.4) is 0 Å². The van der Waals surface area contributed by atoms with Crippen molar-refractivity contribution in [1.29, 1.82) is 0 Å². The lowest BCUT2D eigenvalue weighted by atomic mass is 9.99. The maximum absolute atomic E-state index is 12.6. The van der Waals surface area contributed by atoms with Gasteiger partial charge in [-0.15, -0.1) is 0 Å². The van der Waals surface area contributed by atoms with Gasteiger partial charge in [0, 0.05) is 19.6 Å². The molecule has 1 aliphatic heterocycles. The molecule has 2 rings (SSSR count). The summed E-state index contributed by atoms with van der Waals surface area (Å²) in [5, 5.41) is 5.65. The van der Waals surface area contributed by atoms with Crippen molar-refractivity contribution < 1.29 is 19.1 Å². The fourth-order valence-corrected chi connectivity index (χ4v) is 3.04. The van der Waals surface area contributed by atoms with E-state index in [1.807, 2.05) is 12.1 Å². The van der Waals surface area contributed by atoms with E-state index >= 15 is 0 Å². The van der Waals surface area contributed by atoms with Crippen molar-refractivity contribution in [2.75, 3.05) is 27.3 Å². The second-order valence-electron chi connectivity index (χ2n) is 7.29. The first-order valence-electron chi connectivity index (χ1n) is 9.42. The van der Waals surface area contributed by atoms with Gasteiger partial charge in [0.2, 0.25) is 5.91 Å². The van der Waals surface area contributed by atoms with Crippen molar-refractivity contribution >= 4 is 11.9 Å². The van der Waals surface area contributed by atoms with Gasteiger partial charge in [-0.25, -0.2) is 4.79 Å². The molecular weight excluding hydrogens is 346 g/mol. The summed E-state index contributed by atoms with van der Waals surface area (Å²) in [7, 11) is 3.21. The first-order chi connectivity index (χ1) is 12.8. The maximum atomic E-state index is 12.6. The van der Waals surface area contributed by atoms with Crippen molar-refractivity contribution in [3.8, 4) is 11.5 Å². The molecule has 0 radical (unpaired) electrons. The number of benzene rings is 1. The van der Waals surface area contributed by atoms with E-state index in [2.05, 4.69) is 24.5 Å². The van der Waals surface area contributed by atoms with E-state index < -0.39 is 6.04 Å². The SMILES string of the molecule is COc1cc2c(cc1OC)CN(C(=O)N[C@@H](C)C(=O)NCCC(C)C)CC2. The fourth-order valence-electron chi connectivity index (χ4n) is 3.04. The number of hydrogen-bond donors (Lipinski definition) is 2. The fraction of sp³-hybridized carbons (Fsp3) is 0.600. The highest BCUT2D eigenvalue weighted by molar-refractivity contribution is 5.86. The molecule has 0 unspecified atom stereocenters. The molecule has 150 valence electrons. The summed E-state index contributed by atoms with van der Waals surface area (Å²) >= 11 is 0. The molecule has 0 fully saturated rings. The zero-order chi connectivity index (χ0) is 20.0. The van der Waals surface area contributed by atoms with E-state index in [0.717, 1.165) is 24.0 Å². The Morgan fingerprint density at radius 1 is 1.11 bits per heavy atom. The normalized spacial score (nSPS) is 14.4. The Morgan fingerprint density at radius 3 is 2.33 bits per heavy atom. The highest BCUT2D eigenvalue weighted by atomic mass is 16.5. The van der Waals surface area contributed by atoms with Crippen LogP contribution in [0.15, 0.2) is 12.1 Å². The van der Waals surface area contributed by atoms with E-state index in [-0.39, 0.29) is 11.9 Å². The van der Waals surface area contributed by atoms with Gasteiger partial charge in [0.1, 0.15) is 6.04 Å². The Labute approximate surface area is 161 Å². The van der Waals surface area contributed by atoms with Gasteiger partial charge in [0.05, 0.1) is 14.2 Å². The first-order valence-corrected chi connectivity index (χ1v) is 9.42. The van der Waals surface area contributed by atoms with Crippen LogP contribution in [-0.4, -0.2) is 50.2 Å². The zero-order valence-corrected chi connectivity index (χ0v) is 16.9. The molecule has 7 nitrogen and oxygen atoms in total. The second-order valence-corrected chi connectivity index (χ2v) is 7.29. The number of amides is 3. The third kappa shape index (κ3) is 5.52. The zero-order valence-electron chi connectivity index (χ0n) is 16.9. The number of carbonyl (C=O) groups is 2. The van der Waals surface area contributed by atoms with Crippen LogP contribution < -0.4 is 20.1 Å². The Kier molecular flexibility index (Phi) is 7.33. The summed E-state index contributed by atoms with van der Waals surface area (Å²) in [5.41, 5.74) is 2.18. The summed E-state index contributed by atoms with van der Waals surface area (Å²) in [4.78, 5) is 26.4. The second kappa shape index (κ2) is 9.48. The number of nitrogens with one attached hydrogen (secondary N) is 2. The van der Waals surface area contributed by atoms with E-state index in [1.54, 1.807) is 26.0 Å². The van der Waals surface area contributed by atoms with Gasteiger partial charge in [-0.05, 0) is 48.9 Å². The molecule has 0 aliphatic carbocycles. The molecule has 1 heterocycles. The van der Waals surface area contributed by atoms with Crippen molar-refractivity contribution in [3.63, 3.8) is 0 Å². The predicted molar refractivity (Wildman–Crippen MR) is 104 cm³/mol. The summed E-state index contributed by atoms with van der Waals surface area (Å²) in [6, 6.07) is 3.07. The van der Waals surface area contributed by atoms with Crippen LogP contribution in [-0.2, 0) is 17.8 Å². The van der Waals surface area contributed by atoms with Crippen LogP contribution in [0.4, 0.5) is 4.79 Å². The number of hydrogen-bond acceptors (Lipinski definition) is 4. The molecule has 1 aliphatic rings. The molecule has 1 aromatic carbocycles. The monoisotopic (exact) mass is 377 g/mol. The number of urea groups is 1. The smallest absolute Gasteiger partial charge is 0.318 e. The molecule has 27 heavy (non-hydrogen) atoms. The maximum Gasteiger partial charge on any atom is 0.318 e. The average molecular weight is 377 g/mol. The molecule has 1 atom stereocenters. The van der Waals surface area contributed by atoms with Crippen LogP contribution in [0, 0.1) is 5.92 Å². The molecule has 0 saturated heterocycles. The number of carbonyl (C=O) groups excluding carboxylic acids is 2. The summed E-state index contributed by atoms with van der Waals surface area (Å²) < 4.78 is 10.7. The van der Waals surface area contributed by atoms with E-state index in [4.69, 9.17) is 9.47 Å². The number of methoxy groups -OCH3 is 2. The van der Waals surface area contributed by atoms with Crippen LogP contribution in [0.5, 0.6) is 11.5 Å². The molecule has 0 spiro atoms. The van der Waals surface area contributed by atoms with Crippen molar-refractivity contribution in [2.24, 2.45) is 5.92 Å². The van der Waals surface area contributed by atoms with Gasteiger partial charge >= 0.3 is 6.03 Å². The van der Waals surface area contributed by atoms with Gasteiger partial charge in [-0.1, -0.05) is 13.8 Å². The average Bonchev–Trinajstić information content (AvgIpc) is 2.65. The van der Waals surface area contributed by atoms with Crippen LogP contribution in [0.1, 0.15) is 38.3 Å². The van der Waals surface area contributed by atoms with Gasteiger partial charge in [-0.2, -0.15) is 0 Å². The number of rotatable bonds is 7. The molecule has 2 N–H and O–H groups in total. The van der Waals surface area contributed by atoms with Crippen molar-refractivity contribution in [1.82, 2.24) is 15.5 Å². The molecule has 7 heteroatoms. The van der Waals surface area contributed by atoms with Crippen LogP contribution in [0.25, 0.3) is 0 Å². The molecule has 3 amide bonds. The molecule has 1 aromatic rings. The molecule has 0 bridgehead atoms. The van der Waals surface area contributed by atoms with Crippen LogP contribution in [0.2, 0.25) is 0 Å². The summed E-state index contributed by atoms with van der Waals surface area (Å²) in [6.45, 7) is 7.61. The minimum absolute atomic E-state index is 0.159.